The zero-order chi connectivity index (χ0) is 16.2. The van der Waals surface area contributed by atoms with Crippen LogP contribution in [0.25, 0.3) is 21.8 Å². The lowest BCUT2D eigenvalue weighted by Gasteiger charge is -2.08. The second-order valence-electron chi connectivity index (χ2n) is 6.40. The molecule has 24 heavy (non-hydrogen) atoms. The summed E-state index contributed by atoms with van der Waals surface area (Å²) in [6.45, 7) is 2.18. The number of para-hydroxylation sites is 2. The zero-order valence-electron chi connectivity index (χ0n) is 13.9. The van der Waals surface area contributed by atoms with Crippen molar-refractivity contribution in [2.24, 2.45) is 0 Å². The van der Waals surface area contributed by atoms with Gasteiger partial charge in [-0.2, -0.15) is 0 Å². The lowest BCUT2D eigenvalue weighted by Crippen LogP contribution is -1.98. The fourth-order valence-corrected chi connectivity index (χ4v) is 3.58. The molecular weight excluding hydrogens is 294 g/mol. The van der Waals surface area contributed by atoms with Crippen LogP contribution in [-0.2, 0) is 13.1 Å². The average molecular weight is 317 g/mol. The summed E-state index contributed by atoms with van der Waals surface area (Å²) >= 11 is 0. The second-order valence-corrected chi connectivity index (χ2v) is 6.40. The number of hydrogen-bond donors (Lipinski definition) is 0. The minimum Gasteiger partial charge on any atom is -0.340 e. The van der Waals surface area contributed by atoms with Crippen molar-refractivity contribution < 1.29 is 0 Å². The highest BCUT2D eigenvalue weighted by Gasteiger charge is 2.08. The van der Waals surface area contributed by atoms with E-state index in [2.05, 4.69) is 62.6 Å². The lowest BCUT2D eigenvalue weighted by atomic mass is 10.2. The molecule has 0 fully saturated rings. The normalized spacial score (nSPS) is 11.5. The van der Waals surface area contributed by atoms with Gasteiger partial charge >= 0.3 is 0 Å². The van der Waals surface area contributed by atoms with Crippen molar-refractivity contribution in [3.05, 3.63) is 67.3 Å². The van der Waals surface area contributed by atoms with Crippen molar-refractivity contribution in [2.75, 3.05) is 0 Å². The van der Waals surface area contributed by atoms with Crippen LogP contribution in [0.15, 0.2) is 67.3 Å². The van der Waals surface area contributed by atoms with Gasteiger partial charge in [0.1, 0.15) is 0 Å². The Morgan fingerprint density at radius 3 is 1.96 bits per heavy atom. The van der Waals surface area contributed by atoms with E-state index in [9.17, 15) is 0 Å². The molecule has 0 N–H and O–H groups in total. The maximum Gasteiger partial charge on any atom is 0.0945 e. The van der Waals surface area contributed by atoms with E-state index in [0.29, 0.717) is 0 Å². The minimum atomic E-state index is 1.08. The number of fused-ring (bicyclic) bond motifs is 3. The van der Waals surface area contributed by atoms with Gasteiger partial charge < -0.3 is 9.13 Å². The van der Waals surface area contributed by atoms with Crippen molar-refractivity contribution >= 4 is 21.8 Å². The molecule has 0 unspecified atom stereocenters. The first-order chi connectivity index (χ1) is 11.9. The molecule has 122 valence electrons. The first-order valence-electron chi connectivity index (χ1n) is 8.85. The van der Waals surface area contributed by atoms with Gasteiger partial charge in [-0.15, -0.1) is 0 Å². The van der Waals surface area contributed by atoms with Crippen LogP contribution in [0.5, 0.6) is 0 Å². The fourth-order valence-electron chi connectivity index (χ4n) is 3.58. The Labute approximate surface area is 142 Å². The molecule has 0 atom stereocenters. The summed E-state index contributed by atoms with van der Waals surface area (Å²) in [5.74, 6) is 0. The SMILES string of the molecule is c1ccc2c(c1)c1ccccc1n2CCCCCCn1ccnc1. The van der Waals surface area contributed by atoms with Gasteiger partial charge in [-0.1, -0.05) is 49.2 Å². The summed E-state index contributed by atoms with van der Waals surface area (Å²) < 4.78 is 4.65. The van der Waals surface area contributed by atoms with Crippen molar-refractivity contribution in [2.45, 2.75) is 38.8 Å². The van der Waals surface area contributed by atoms with Gasteiger partial charge in [0.2, 0.25) is 0 Å². The van der Waals surface area contributed by atoms with Crippen molar-refractivity contribution in [3.63, 3.8) is 0 Å². The van der Waals surface area contributed by atoms with Crippen molar-refractivity contribution in [1.29, 1.82) is 0 Å². The van der Waals surface area contributed by atoms with Crippen LogP contribution >= 0.6 is 0 Å². The summed E-state index contributed by atoms with van der Waals surface area (Å²) in [5.41, 5.74) is 2.72. The van der Waals surface area contributed by atoms with Crippen molar-refractivity contribution in [3.8, 4) is 0 Å². The Morgan fingerprint density at radius 1 is 0.708 bits per heavy atom. The molecular formula is C21H23N3. The minimum absolute atomic E-state index is 1.08. The maximum atomic E-state index is 4.09. The van der Waals surface area contributed by atoms with Crippen LogP contribution in [0.4, 0.5) is 0 Å². The third-order valence-corrected chi connectivity index (χ3v) is 4.79. The number of nitrogens with zero attached hydrogens (tertiary/aromatic N) is 3. The monoisotopic (exact) mass is 317 g/mol. The molecule has 4 aromatic rings. The van der Waals surface area contributed by atoms with Crippen LogP contribution in [0.2, 0.25) is 0 Å². The van der Waals surface area contributed by atoms with E-state index < -0.39 is 0 Å². The third kappa shape index (κ3) is 2.94. The molecule has 0 amide bonds. The molecule has 3 heteroatoms. The fraction of sp³-hybridized carbons (Fsp3) is 0.286. The highest BCUT2D eigenvalue weighted by atomic mass is 15.0. The van der Waals surface area contributed by atoms with E-state index in [4.69, 9.17) is 0 Å². The number of hydrogen-bond acceptors (Lipinski definition) is 1. The van der Waals surface area contributed by atoms with E-state index in [1.54, 1.807) is 0 Å². The van der Waals surface area contributed by atoms with Gasteiger partial charge in [-0.25, -0.2) is 4.98 Å². The Hall–Kier alpha value is -2.55. The second kappa shape index (κ2) is 6.91. The quantitative estimate of drug-likeness (QED) is 0.427. The van der Waals surface area contributed by atoms with Gasteiger partial charge in [-0.05, 0) is 25.0 Å². The molecule has 0 bridgehead atoms. The van der Waals surface area contributed by atoms with Gasteiger partial charge in [0.05, 0.1) is 6.33 Å². The molecule has 2 aromatic heterocycles. The Balaban J connectivity index is 1.40. The average Bonchev–Trinajstić information content (AvgIpc) is 3.25. The summed E-state index contributed by atoms with van der Waals surface area (Å²) in [4.78, 5) is 4.09. The smallest absolute Gasteiger partial charge is 0.0945 e. The molecule has 0 aliphatic heterocycles. The number of benzene rings is 2. The summed E-state index contributed by atoms with van der Waals surface area (Å²) in [6.07, 6.45) is 10.8. The predicted octanol–water partition coefficient (Wildman–Crippen LogP) is 5.25. The molecule has 0 saturated carbocycles. The van der Waals surface area contributed by atoms with E-state index in [1.807, 2.05) is 18.7 Å². The molecule has 0 radical (unpaired) electrons. The van der Waals surface area contributed by atoms with Crippen LogP contribution in [0, 0.1) is 0 Å². The molecule has 0 aliphatic carbocycles. The molecule has 4 rings (SSSR count). The van der Waals surface area contributed by atoms with Gasteiger partial charge in [0.15, 0.2) is 0 Å². The molecule has 2 heterocycles. The van der Waals surface area contributed by atoms with Crippen LogP contribution in [0.1, 0.15) is 25.7 Å². The predicted molar refractivity (Wildman–Crippen MR) is 100 cm³/mol. The highest BCUT2D eigenvalue weighted by Crippen LogP contribution is 2.29. The van der Waals surface area contributed by atoms with Gasteiger partial charge in [-0.3, -0.25) is 0 Å². The molecule has 2 aromatic carbocycles. The maximum absolute atomic E-state index is 4.09. The van der Waals surface area contributed by atoms with E-state index in [-0.39, 0.29) is 0 Å². The highest BCUT2D eigenvalue weighted by molar-refractivity contribution is 6.07. The topological polar surface area (TPSA) is 22.8 Å². The third-order valence-electron chi connectivity index (χ3n) is 4.79. The number of aryl methyl sites for hydroxylation is 2. The number of unbranched alkanes of at least 4 members (excludes halogenated alkanes) is 3. The molecule has 0 saturated heterocycles. The standard InChI is InChI=1S/C21H23N3/c1(7-14-23-16-13-22-17-23)2-8-15-24-20-11-5-3-9-18(20)19-10-4-6-12-21(19)24/h3-6,9-13,16-17H,1-2,7-8,14-15H2. The van der Waals surface area contributed by atoms with Gasteiger partial charge in [0, 0.05) is 47.3 Å². The molecule has 0 spiro atoms. The Morgan fingerprint density at radius 2 is 1.33 bits per heavy atom. The molecule has 3 nitrogen and oxygen atoms in total. The lowest BCUT2D eigenvalue weighted by molar-refractivity contribution is 0.548. The van der Waals surface area contributed by atoms with Crippen molar-refractivity contribution in [1.82, 2.24) is 14.1 Å². The number of imidazole rings is 1. The number of aromatic nitrogens is 3. The summed E-state index contributed by atoms with van der Waals surface area (Å²) in [7, 11) is 0. The first kappa shape index (κ1) is 15.0. The largest absolute Gasteiger partial charge is 0.340 e. The van der Waals surface area contributed by atoms with E-state index >= 15 is 0 Å². The van der Waals surface area contributed by atoms with Crippen LogP contribution < -0.4 is 0 Å². The first-order valence-corrected chi connectivity index (χ1v) is 8.85. The van der Waals surface area contributed by atoms with Gasteiger partial charge in [0.25, 0.3) is 0 Å². The van der Waals surface area contributed by atoms with Crippen LogP contribution in [0.3, 0.4) is 0 Å². The number of rotatable bonds is 7. The Bertz CT molecular complexity index is 865. The van der Waals surface area contributed by atoms with Crippen LogP contribution in [-0.4, -0.2) is 14.1 Å². The molecule has 0 aliphatic rings. The summed E-state index contributed by atoms with van der Waals surface area (Å²) in [6, 6.07) is 17.5. The van der Waals surface area contributed by atoms with E-state index in [1.165, 1.54) is 47.5 Å². The zero-order valence-corrected chi connectivity index (χ0v) is 13.9. The Kier molecular flexibility index (Phi) is 4.32. The van der Waals surface area contributed by atoms with E-state index in [0.717, 1.165) is 13.1 Å². The summed E-state index contributed by atoms with van der Waals surface area (Å²) in [5, 5.41) is 2.74.